The first-order valence-corrected chi connectivity index (χ1v) is 14.1. The van der Waals surface area contributed by atoms with E-state index in [4.69, 9.17) is 23.2 Å². The maximum Gasteiger partial charge on any atom is 0.336 e. The monoisotopic (exact) mass is 617 g/mol. The summed E-state index contributed by atoms with van der Waals surface area (Å²) >= 11 is 12.3. The number of benzene rings is 4. The van der Waals surface area contributed by atoms with E-state index in [2.05, 4.69) is 0 Å². The van der Waals surface area contributed by atoms with Gasteiger partial charge >= 0.3 is 17.9 Å². The zero-order valence-electron chi connectivity index (χ0n) is 22.6. The fourth-order valence-corrected chi connectivity index (χ4v) is 5.86. The minimum Gasteiger partial charge on any atom is -0.478 e. The second-order valence-electron chi connectivity index (χ2n) is 10.2. The topological polar surface area (TPSA) is 132 Å². The summed E-state index contributed by atoms with van der Waals surface area (Å²) in [6.45, 7) is 0.0646. The Morgan fingerprint density at radius 2 is 1.33 bits per heavy atom. The van der Waals surface area contributed by atoms with Crippen molar-refractivity contribution in [1.29, 1.82) is 0 Å². The van der Waals surface area contributed by atoms with Gasteiger partial charge in [-0.05, 0) is 77.4 Å². The molecule has 1 amide bonds. The SMILES string of the molecule is O=C(O)c1cc(C(=O)O)c(C(=O)N(Cc2cccc(-c3ccc(Cl)c(Cl)c3)c2)[C@H]2CCCc3ccccc32)cc1C(=O)O. The molecular weight excluding hydrogens is 593 g/mol. The van der Waals surface area contributed by atoms with Crippen LogP contribution in [0.2, 0.25) is 10.0 Å². The summed E-state index contributed by atoms with van der Waals surface area (Å²) in [6.07, 6.45) is 2.19. The fourth-order valence-electron chi connectivity index (χ4n) is 5.56. The Kier molecular flexibility index (Phi) is 8.52. The lowest BCUT2D eigenvalue weighted by Crippen LogP contribution is -2.37. The zero-order valence-corrected chi connectivity index (χ0v) is 24.1. The predicted octanol–water partition coefficient (Wildman–Crippen LogP) is 7.48. The van der Waals surface area contributed by atoms with Crippen molar-refractivity contribution in [2.75, 3.05) is 0 Å². The number of fused-ring (bicyclic) bond motifs is 1. The van der Waals surface area contributed by atoms with Gasteiger partial charge < -0.3 is 20.2 Å². The summed E-state index contributed by atoms with van der Waals surface area (Å²) in [5.74, 6) is -5.48. The molecule has 1 aliphatic rings. The van der Waals surface area contributed by atoms with Gasteiger partial charge in [0.2, 0.25) is 0 Å². The van der Waals surface area contributed by atoms with Gasteiger partial charge in [0.15, 0.2) is 0 Å². The molecule has 1 atom stereocenters. The van der Waals surface area contributed by atoms with Gasteiger partial charge in [-0.25, -0.2) is 14.4 Å². The highest BCUT2D eigenvalue weighted by molar-refractivity contribution is 6.42. The molecule has 8 nitrogen and oxygen atoms in total. The van der Waals surface area contributed by atoms with E-state index < -0.39 is 52.1 Å². The van der Waals surface area contributed by atoms with E-state index in [9.17, 15) is 34.5 Å². The number of halogens is 2. The van der Waals surface area contributed by atoms with Gasteiger partial charge in [0.25, 0.3) is 5.91 Å². The van der Waals surface area contributed by atoms with Gasteiger partial charge in [0, 0.05) is 6.54 Å². The lowest BCUT2D eigenvalue weighted by Gasteiger charge is -2.36. The molecule has 0 bridgehead atoms. The molecule has 0 spiro atoms. The minimum absolute atomic E-state index is 0.0646. The highest BCUT2D eigenvalue weighted by Crippen LogP contribution is 2.37. The van der Waals surface area contributed by atoms with E-state index in [-0.39, 0.29) is 6.54 Å². The largest absolute Gasteiger partial charge is 0.478 e. The van der Waals surface area contributed by atoms with Crippen molar-refractivity contribution < 1.29 is 34.5 Å². The number of hydrogen-bond donors (Lipinski definition) is 3. The number of carboxylic acid groups (broad SMARTS) is 3. The summed E-state index contributed by atoms with van der Waals surface area (Å²) < 4.78 is 0. The van der Waals surface area contributed by atoms with Crippen molar-refractivity contribution in [2.45, 2.75) is 31.8 Å². The highest BCUT2D eigenvalue weighted by Gasteiger charge is 2.33. The van der Waals surface area contributed by atoms with E-state index in [1.165, 1.54) is 0 Å². The number of rotatable bonds is 8. The zero-order chi connectivity index (χ0) is 30.8. The lowest BCUT2D eigenvalue weighted by molar-refractivity contribution is 0.0611. The van der Waals surface area contributed by atoms with Crippen molar-refractivity contribution >= 4 is 47.0 Å². The number of carbonyl (C=O) groups is 4. The van der Waals surface area contributed by atoms with E-state index >= 15 is 0 Å². The van der Waals surface area contributed by atoms with Crippen LogP contribution in [0.15, 0.2) is 78.9 Å². The van der Waals surface area contributed by atoms with E-state index in [1.54, 1.807) is 17.0 Å². The van der Waals surface area contributed by atoms with Gasteiger partial charge in [-0.15, -0.1) is 0 Å². The Morgan fingerprint density at radius 1 is 0.698 bits per heavy atom. The molecule has 10 heteroatoms. The number of aromatic carboxylic acids is 3. The molecule has 218 valence electrons. The Morgan fingerprint density at radius 3 is 2.00 bits per heavy atom. The minimum atomic E-state index is -1.61. The molecular formula is C33H25Cl2NO7. The Labute approximate surface area is 256 Å². The van der Waals surface area contributed by atoms with Gasteiger partial charge in [-0.1, -0.05) is 71.7 Å². The van der Waals surface area contributed by atoms with Crippen LogP contribution in [-0.2, 0) is 13.0 Å². The third-order valence-corrected chi connectivity index (χ3v) is 8.33. The number of carboxylic acids is 3. The summed E-state index contributed by atoms with van der Waals surface area (Å²) in [6, 6.07) is 21.5. The van der Waals surface area contributed by atoms with E-state index in [1.807, 2.05) is 54.6 Å². The average molecular weight is 618 g/mol. The van der Waals surface area contributed by atoms with E-state index in [0.717, 1.165) is 52.8 Å². The van der Waals surface area contributed by atoms with Gasteiger partial charge in [0.1, 0.15) is 0 Å². The molecule has 0 radical (unpaired) electrons. The molecule has 3 N–H and O–H groups in total. The van der Waals surface area contributed by atoms with Crippen molar-refractivity contribution in [2.24, 2.45) is 0 Å². The third-order valence-electron chi connectivity index (χ3n) is 7.59. The van der Waals surface area contributed by atoms with Crippen LogP contribution in [0, 0.1) is 0 Å². The predicted molar refractivity (Wildman–Crippen MR) is 161 cm³/mol. The fraction of sp³-hybridized carbons (Fsp3) is 0.152. The smallest absolute Gasteiger partial charge is 0.336 e. The summed E-state index contributed by atoms with van der Waals surface area (Å²) in [7, 11) is 0. The molecule has 0 aromatic heterocycles. The highest BCUT2D eigenvalue weighted by atomic mass is 35.5. The maximum atomic E-state index is 14.4. The first kappa shape index (κ1) is 29.8. The number of hydrogen-bond acceptors (Lipinski definition) is 4. The molecule has 0 heterocycles. The molecule has 0 fully saturated rings. The van der Waals surface area contributed by atoms with Crippen molar-refractivity contribution in [3.63, 3.8) is 0 Å². The Bertz CT molecular complexity index is 1790. The van der Waals surface area contributed by atoms with Crippen LogP contribution in [0.25, 0.3) is 11.1 Å². The van der Waals surface area contributed by atoms with Crippen LogP contribution in [0.4, 0.5) is 0 Å². The average Bonchev–Trinajstić information content (AvgIpc) is 3.00. The van der Waals surface area contributed by atoms with Crippen LogP contribution in [0.1, 0.15) is 77.0 Å². The molecule has 0 unspecified atom stereocenters. The van der Waals surface area contributed by atoms with Crippen LogP contribution in [0.3, 0.4) is 0 Å². The second kappa shape index (κ2) is 12.3. The number of carbonyl (C=O) groups excluding carboxylic acids is 1. The van der Waals surface area contributed by atoms with Crippen LogP contribution >= 0.6 is 23.2 Å². The normalized spacial score (nSPS) is 14.0. The first-order chi connectivity index (χ1) is 20.5. The Hall–Kier alpha value is -4.66. The van der Waals surface area contributed by atoms with Crippen molar-refractivity contribution in [1.82, 2.24) is 4.90 Å². The van der Waals surface area contributed by atoms with Crippen molar-refractivity contribution in [3.05, 3.63) is 128 Å². The number of amides is 1. The summed E-state index contributed by atoms with van der Waals surface area (Å²) in [5, 5.41) is 30.0. The van der Waals surface area contributed by atoms with Crippen molar-refractivity contribution in [3.8, 4) is 11.1 Å². The summed E-state index contributed by atoms with van der Waals surface area (Å²) in [5.41, 5.74) is 1.95. The second-order valence-corrected chi connectivity index (χ2v) is 11.0. The van der Waals surface area contributed by atoms with Crippen LogP contribution < -0.4 is 0 Å². The molecule has 1 aliphatic carbocycles. The Balaban J connectivity index is 1.64. The van der Waals surface area contributed by atoms with E-state index in [0.29, 0.717) is 16.5 Å². The summed E-state index contributed by atoms with van der Waals surface area (Å²) in [4.78, 5) is 51.9. The van der Waals surface area contributed by atoms with Gasteiger partial charge in [0.05, 0.1) is 38.3 Å². The lowest BCUT2D eigenvalue weighted by atomic mass is 9.86. The maximum absolute atomic E-state index is 14.4. The molecule has 43 heavy (non-hydrogen) atoms. The van der Waals surface area contributed by atoms with Crippen LogP contribution in [0.5, 0.6) is 0 Å². The van der Waals surface area contributed by atoms with Gasteiger partial charge in [-0.2, -0.15) is 0 Å². The molecule has 4 aromatic rings. The number of aryl methyl sites for hydroxylation is 1. The standard InChI is InChI=1S/C33H25Cl2NO7/c34-27-12-11-21(14-28(27)35)20-8-3-5-18(13-20)17-36(29-10-4-7-19-6-1-2-9-22(19)29)30(37)23-15-25(32(40)41)26(33(42)43)16-24(23)31(38)39/h1-3,5-6,8-9,11-16,29H,4,7,10,17H2,(H,38,39)(H,40,41)(H,42,43)/t29-/m0/s1. The first-order valence-electron chi connectivity index (χ1n) is 13.4. The quantitative estimate of drug-likeness (QED) is 0.187. The molecule has 0 saturated carbocycles. The van der Waals surface area contributed by atoms with Crippen LogP contribution in [-0.4, -0.2) is 44.0 Å². The number of nitrogens with zero attached hydrogens (tertiary/aromatic N) is 1. The third kappa shape index (κ3) is 6.11. The van der Waals surface area contributed by atoms with Gasteiger partial charge in [-0.3, -0.25) is 4.79 Å². The molecule has 4 aromatic carbocycles. The molecule has 0 saturated heterocycles. The molecule has 5 rings (SSSR count). The molecule has 0 aliphatic heterocycles.